The van der Waals surface area contributed by atoms with Crippen molar-refractivity contribution in [3.05, 3.63) is 39.9 Å². The monoisotopic (exact) mass is 299 g/mol. The van der Waals surface area contributed by atoms with Gasteiger partial charge in [-0.2, -0.15) is 0 Å². The van der Waals surface area contributed by atoms with Crippen LogP contribution >= 0.6 is 12.4 Å². The van der Waals surface area contributed by atoms with Gasteiger partial charge >= 0.3 is 0 Å². The summed E-state index contributed by atoms with van der Waals surface area (Å²) in [6, 6.07) is 6.42. The fourth-order valence-electron chi connectivity index (χ4n) is 2.27. The smallest absolute Gasteiger partial charge is 0.269 e. The van der Waals surface area contributed by atoms with Crippen LogP contribution in [0.15, 0.2) is 24.3 Å². The second-order valence-corrected chi connectivity index (χ2v) is 4.74. The molecule has 1 amide bonds. The molecular formula is C13H18ClN3O3. The van der Waals surface area contributed by atoms with Crippen LogP contribution < -0.4 is 5.32 Å². The number of carbonyl (C=O) groups excluding carboxylic acids is 1. The maximum absolute atomic E-state index is 12.2. The third-order valence-corrected chi connectivity index (χ3v) is 3.30. The summed E-state index contributed by atoms with van der Waals surface area (Å²) >= 11 is 0. The van der Waals surface area contributed by atoms with E-state index in [1.54, 1.807) is 12.1 Å². The molecule has 110 valence electrons. The molecule has 0 aliphatic carbocycles. The average molecular weight is 300 g/mol. The molecule has 0 spiro atoms. The maximum atomic E-state index is 12.2. The first kappa shape index (κ1) is 16.4. The molecule has 0 radical (unpaired) electrons. The molecule has 1 aromatic rings. The molecular weight excluding hydrogens is 282 g/mol. The van der Waals surface area contributed by atoms with Crippen molar-refractivity contribution in [2.45, 2.75) is 19.4 Å². The molecule has 1 atom stereocenters. The lowest BCUT2D eigenvalue weighted by atomic mass is 10.1. The molecule has 20 heavy (non-hydrogen) atoms. The molecule has 0 aromatic heterocycles. The SMILES string of the molecule is C[C@@H]1CNCCN1C(=O)Cc1cccc([N+](=O)[O-])c1.Cl. The number of nitro benzene ring substituents is 1. The molecule has 1 aliphatic heterocycles. The third-order valence-electron chi connectivity index (χ3n) is 3.30. The van der Waals surface area contributed by atoms with Crippen molar-refractivity contribution in [1.29, 1.82) is 0 Å². The van der Waals surface area contributed by atoms with Gasteiger partial charge in [-0.3, -0.25) is 14.9 Å². The third kappa shape index (κ3) is 3.91. The summed E-state index contributed by atoms with van der Waals surface area (Å²) in [6.45, 7) is 4.28. The van der Waals surface area contributed by atoms with Crippen molar-refractivity contribution in [3.8, 4) is 0 Å². The zero-order chi connectivity index (χ0) is 13.8. The molecule has 7 heteroatoms. The molecule has 2 rings (SSSR count). The number of nitrogens with zero attached hydrogens (tertiary/aromatic N) is 2. The molecule has 1 heterocycles. The van der Waals surface area contributed by atoms with E-state index in [1.807, 2.05) is 11.8 Å². The standard InChI is InChI=1S/C13H17N3O3.ClH/c1-10-9-14-5-6-15(10)13(17)8-11-3-2-4-12(7-11)16(18)19;/h2-4,7,10,14H,5-6,8-9H2,1H3;1H/t10-;/m1./s1. The number of halogens is 1. The highest BCUT2D eigenvalue weighted by Gasteiger charge is 2.23. The minimum Gasteiger partial charge on any atom is -0.337 e. The van der Waals surface area contributed by atoms with Gasteiger partial charge in [0.1, 0.15) is 0 Å². The van der Waals surface area contributed by atoms with Crippen LogP contribution in [0.1, 0.15) is 12.5 Å². The number of amides is 1. The van der Waals surface area contributed by atoms with Crippen molar-refractivity contribution in [2.75, 3.05) is 19.6 Å². The fraction of sp³-hybridized carbons (Fsp3) is 0.462. The zero-order valence-corrected chi connectivity index (χ0v) is 12.1. The Morgan fingerprint density at radius 2 is 2.30 bits per heavy atom. The molecule has 1 aromatic carbocycles. The van der Waals surface area contributed by atoms with Crippen molar-refractivity contribution in [2.24, 2.45) is 0 Å². The summed E-state index contributed by atoms with van der Waals surface area (Å²) in [5, 5.41) is 13.9. The van der Waals surface area contributed by atoms with E-state index in [4.69, 9.17) is 0 Å². The second kappa shape index (κ2) is 7.21. The number of hydrogen-bond acceptors (Lipinski definition) is 4. The topological polar surface area (TPSA) is 75.5 Å². The van der Waals surface area contributed by atoms with E-state index < -0.39 is 4.92 Å². The summed E-state index contributed by atoms with van der Waals surface area (Å²) in [4.78, 5) is 24.3. The highest BCUT2D eigenvalue weighted by molar-refractivity contribution is 5.85. The Balaban J connectivity index is 0.00000200. The Bertz CT molecular complexity index is 496. The van der Waals surface area contributed by atoms with Gasteiger partial charge < -0.3 is 10.2 Å². The molecule has 0 unspecified atom stereocenters. The van der Waals surface area contributed by atoms with Crippen LogP contribution in [-0.2, 0) is 11.2 Å². The van der Waals surface area contributed by atoms with Crippen molar-refractivity contribution in [3.63, 3.8) is 0 Å². The fourth-order valence-corrected chi connectivity index (χ4v) is 2.27. The normalized spacial score (nSPS) is 18.2. The molecule has 1 fully saturated rings. The number of hydrogen-bond donors (Lipinski definition) is 1. The number of nitrogens with one attached hydrogen (secondary N) is 1. The zero-order valence-electron chi connectivity index (χ0n) is 11.2. The highest BCUT2D eigenvalue weighted by atomic mass is 35.5. The van der Waals surface area contributed by atoms with Gasteiger partial charge in [-0.05, 0) is 12.5 Å². The Hall–Kier alpha value is -1.66. The lowest BCUT2D eigenvalue weighted by molar-refractivity contribution is -0.384. The van der Waals surface area contributed by atoms with Gasteiger partial charge in [-0.1, -0.05) is 12.1 Å². The van der Waals surface area contributed by atoms with Crippen LogP contribution in [0.3, 0.4) is 0 Å². The van der Waals surface area contributed by atoms with Gasteiger partial charge in [0, 0.05) is 37.8 Å². The highest BCUT2D eigenvalue weighted by Crippen LogP contribution is 2.15. The molecule has 0 saturated carbocycles. The van der Waals surface area contributed by atoms with Gasteiger partial charge in [-0.25, -0.2) is 0 Å². The minimum atomic E-state index is -0.443. The number of carbonyl (C=O) groups is 1. The predicted molar refractivity (Wildman–Crippen MR) is 78.1 cm³/mol. The Kier molecular flexibility index (Phi) is 5.91. The molecule has 1 N–H and O–H groups in total. The first-order valence-electron chi connectivity index (χ1n) is 6.31. The van der Waals surface area contributed by atoms with Crippen LogP contribution in [0.5, 0.6) is 0 Å². The van der Waals surface area contributed by atoms with E-state index in [2.05, 4.69) is 5.32 Å². The Morgan fingerprint density at radius 3 is 2.95 bits per heavy atom. The quantitative estimate of drug-likeness (QED) is 0.676. The molecule has 1 saturated heterocycles. The summed E-state index contributed by atoms with van der Waals surface area (Å²) < 4.78 is 0. The summed E-state index contributed by atoms with van der Waals surface area (Å²) in [6.07, 6.45) is 0.214. The van der Waals surface area contributed by atoms with Gasteiger partial charge in [0.05, 0.1) is 11.3 Å². The second-order valence-electron chi connectivity index (χ2n) is 4.74. The van der Waals surface area contributed by atoms with E-state index in [9.17, 15) is 14.9 Å². The lowest BCUT2D eigenvalue weighted by Gasteiger charge is -2.34. The van der Waals surface area contributed by atoms with Crippen LogP contribution in [0.2, 0.25) is 0 Å². The van der Waals surface area contributed by atoms with Crippen molar-refractivity contribution < 1.29 is 9.72 Å². The van der Waals surface area contributed by atoms with E-state index in [0.29, 0.717) is 12.1 Å². The predicted octanol–water partition coefficient (Wildman–Crippen LogP) is 1.38. The number of non-ortho nitro benzene ring substituents is 1. The summed E-state index contributed by atoms with van der Waals surface area (Å²) in [7, 11) is 0. The number of benzene rings is 1. The van der Waals surface area contributed by atoms with Crippen LogP contribution in [0.25, 0.3) is 0 Å². The number of piperazine rings is 1. The molecule has 1 aliphatic rings. The van der Waals surface area contributed by atoms with E-state index in [1.165, 1.54) is 12.1 Å². The maximum Gasteiger partial charge on any atom is 0.269 e. The summed E-state index contributed by atoms with van der Waals surface area (Å²) in [5.41, 5.74) is 0.712. The van der Waals surface area contributed by atoms with Crippen LogP contribution in [0.4, 0.5) is 5.69 Å². The number of rotatable bonds is 3. The van der Waals surface area contributed by atoms with Crippen molar-refractivity contribution in [1.82, 2.24) is 10.2 Å². The minimum absolute atomic E-state index is 0. The molecule has 0 bridgehead atoms. The van der Waals surface area contributed by atoms with Crippen molar-refractivity contribution >= 4 is 24.0 Å². The largest absolute Gasteiger partial charge is 0.337 e. The van der Waals surface area contributed by atoms with E-state index >= 15 is 0 Å². The average Bonchev–Trinajstić information content (AvgIpc) is 2.39. The number of nitro groups is 1. The van der Waals surface area contributed by atoms with Gasteiger partial charge in [0.25, 0.3) is 5.69 Å². The Morgan fingerprint density at radius 1 is 1.55 bits per heavy atom. The van der Waals surface area contributed by atoms with E-state index in [0.717, 1.165) is 13.1 Å². The first-order valence-corrected chi connectivity index (χ1v) is 6.31. The van der Waals surface area contributed by atoms with Gasteiger partial charge in [0.15, 0.2) is 0 Å². The van der Waals surface area contributed by atoms with Crippen LogP contribution in [-0.4, -0.2) is 41.4 Å². The molecule has 6 nitrogen and oxygen atoms in total. The lowest BCUT2D eigenvalue weighted by Crippen LogP contribution is -2.52. The first-order chi connectivity index (χ1) is 9.08. The Labute approximate surface area is 123 Å². The van der Waals surface area contributed by atoms with Gasteiger partial charge in [-0.15, -0.1) is 12.4 Å². The van der Waals surface area contributed by atoms with E-state index in [-0.39, 0.29) is 36.5 Å². The van der Waals surface area contributed by atoms with Gasteiger partial charge in [0.2, 0.25) is 5.91 Å². The summed E-state index contributed by atoms with van der Waals surface area (Å²) in [5.74, 6) is 0.0227. The van der Waals surface area contributed by atoms with Crippen LogP contribution in [0, 0.1) is 10.1 Å².